The van der Waals surface area contributed by atoms with Crippen LogP contribution in [0.1, 0.15) is 10.4 Å². The number of fused-ring (bicyclic) bond motifs is 1. The molecule has 0 saturated carbocycles. The van der Waals surface area contributed by atoms with Crippen LogP contribution >= 0.6 is 11.3 Å². The highest BCUT2D eigenvalue weighted by molar-refractivity contribution is 7.19. The van der Waals surface area contributed by atoms with E-state index in [4.69, 9.17) is 11.0 Å². The summed E-state index contributed by atoms with van der Waals surface area (Å²) in [6.45, 7) is 2.06. The molecule has 1 aromatic heterocycles. The van der Waals surface area contributed by atoms with E-state index >= 15 is 0 Å². The molecule has 2 aromatic rings. The van der Waals surface area contributed by atoms with Gasteiger partial charge in [-0.25, -0.2) is 0 Å². The fourth-order valence-electron chi connectivity index (χ4n) is 1.53. The molecule has 0 radical (unpaired) electrons. The Morgan fingerprint density at radius 3 is 3.00 bits per heavy atom. The molecule has 1 aromatic carbocycles. The van der Waals surface area contributed by atoms with Crippen LogP contribution in [0.4, 0.5) is 5.69 Å². The van der Waals surface area contributed by atoms with Crippen molar-refractivity contribution in [2.24, 2.45) is 0 Å². The van der Waals surface area contributed by atoms with Crippen LogP contribution in [0.5, 0.6) is 0 Å². The van der Waals surface area contributed by atoms with E-state index in [2.05, 4.69) is 19.1 Å². The number of aryl methyl sites for hydroxylation is 1. The van der Waals surface area contributed by atoms with Crippen molar-refractivity contribution in [3.05, 3.63) is 28.6 Å². The summed E-state index contributed by atoms with van der Waals surface area (Å²) in [6, 6.07) is 8.21. The molecule has 0 bridgehead atoms. The summed E-state index contributed by atoms with van der Waals surface area (Å²) < 4.78 is 1.11. The largest absolute Gasteiger partial charge is 0.397 e. The monoisotopic (exact) mass is 202 g/mol. The van der Waals surface area contributed by atoms with Gasteiger partial charge in [0.05, 0.1) is 22.9 Å². The minimum Gasteiger partial charge on any atom is -0.397 e. The highest BCUT2D eigenvalue weighted by Crippen LogP contribution is 2.32. The van der Waals surface area contributed by atoms with Crippen molar-refractivity contribution < 1.29 is 0 Å². The molecule has 70 valence electrons. The molecule has 0 aliphatic carbocycles. The van der Waals surface area contributed by atoms with Gasteiger partial charge in [0.15, 0.2) is 0 Å². The van der Waals surface area contributed by atoms with E-state index in [1.165, 1.54) is 10.3 Å². The molecule has 3 heteroatoms. The fraction of sp³-hybridized carbons (Fsp3) is 0.182. The zero-order valence-corrected chi connectivity index (χ0v) is 8.69. The SMILES string of the molecule is Cc1cc2ccc(CC#N)c(N)c2s1. The minimum absolute atomic E-state index is 0.388. The fourth-order valence-corrected chi connectivity index (χ4v) is 2.53. The topological polar surface area (TPSA) is 49.8 Å². The number of nitrogens with zero attached hydrogens (tertiary/aromatic N) is 1. The molecule has 0 atom stereocenters. The highest BCUT2D eigenvalue weighted by atomic mass is 32.1. The van der Waals surface area contributed by atoms with Gasteiger partial charge in [0.25, 0.3) is 0 Å². The number of hydrogen-bond acceptors (Lipinski definition) is 3. The van der Waals surface area contributed by atoms with Crippen LogP contribution in [0.25, 0.3) is 10.1 Å². The smallest absolute Gasteiger partial charge is 0.0670 e. The van der Waals surface area contributed by atoms with Gasteiger partial charge in [0.1, 0.15) is 0 Å². The van der Waals surface area contributed by atoms with E-state index in [9.17, 15) is 0 Å². The molecule has 2 N–H and O–H groups in total. The Bertz CT molecular complexity index is 520. The maximum absolute atomic E-state index is 8.62. The Kier molecular flexibility index (Phi) is 2.14. The van der Waals surface area contributed by atoms with Gasteiger partial charge in [-0.3, -0.25) is 0 Å². The molecule has 14 heavy (non-hydrogen) atoms. The molecular weight excluding hydrogens is 192 g/mol. The normalized spacial score (nSPS) is 10.3. The lowest BCUT2D eigenvalue weighted by Gasteiger charge is -2.01. The Morgan fingerprint density at radius 1 is 1.50 bits per heavy atom. The minimum atomic E-state index is 0.388. The number of benzene rings is 1. The maximum Gasteiger partial charge on any atom is 0.0670 e. The van der Waals surface area contributed by atoms with Gasteiger partial charge in [-0.2, -0.15) is 5.26 Å². The Morgan fingerprint density at radius 2 is 2.29 bits per heavy atom. The van der Waals surface area contributed by atoms with Gasteiger partial charge in [-0.05, 0) is 23.9 Å². The van der Waals surface area contributed by atoms with Crippen molar-refractivity contribution in [2.45, 2.75) is 13.3 Å². The van der Waals surface area contributed by atoms with Crippen molar-refractivity contribution in [1.82, 2.24) is 0 Å². The van der Waals surface area contributed by atoms with E-state index in [0.29, 0.717) is 6.42 Å². The summed E-state index contributed by atoms with van der Waals surface area (Å²) in [6.07, 6.45) is 0.388. The van der Waals surface area contributed by atoms with Crippen molar-refractivity contribution in [2.75, 3.05) is 5.73 Å². The van der Waals surface area contributed by atoms with E-state index in [1.54, 1.807) is 11.3 Å². The molecule has 0 fully saturated rings. The van der Waals surface area contributed by atoms with Gasteiger partial charge in [-0.1, -0.05) is 12.1 Å². The third-order valence-corrected chi connectivity index (χ3v) is 3.31. The number of rotatable bonds is 1. The van der Waals surface area contributed by atoms with Gasteiger partial charge in [-0.15, -0.1) is 11.3 Å². The molecule has 0 saturated heterocycles. The van der Waals surface area contributed by atoms with Gasteiger partial charge < -0.3 is 5.73 Å². The van der Waals surface area contributed by atoms with E-state index in [-0.39, 0.29) is 0 Å². The first kappa shape index (κ1) is 9.04. The zero-order valence-electron chi connectivity index (χ0n) is 7.87. The first-order valence-electron chi connectivity index (χ1n) is 4.37. The van der Waals surface area contributed by atoms with Crippen LogP contribution in [0.2, 0.25) is 0 Å². The van der Waals surface area contributed by atoms with Crippen LogP contribution in [-0.4, -0.2) is 0 Å². The molecule has 0 aliphatic rings. The number of anilines is 1. The Labute approximate surface area is 86.6 Å². The predicted octanol–water partition coefficient (Wildman–Crippen LogP) is 2.86. The lowest BCUT2D eigenvalue weighted by Crippen LogP contribution is -1.92. The maximum atomic E-state index is 8.62. The standard InChI is InChI=1S/C11H10N2S/c1-7-6-9-3-2-8(4-5-12)10(13)11(9)14-7/h2-3,6H,4,13H2,1H3. The Balaban J connectivity index is 2.69. The number of nitrogens with two attached hydrogens (primary N) is 1. The molecule has 0 unspecified atom stereocenters. The van der Waals surface area contributed by atoms with Crippen LogP contribution in [0.3, 0.4) is 0 Å². The van der Waals surface area contributed by atoms with Crippen molar-refractivity contribution in [3.8, 4) is 6.07 Å². The van der Waals surface area contributed by atoms with Crippen LogP contribution in [0.15, 0.2) is 18.2 Å². The first-order valence-corrected chi connectivity index (χ1v) is 5.18. The number of nitriles is 1. The molecule has 0 spiro atoms. The number of nitrogen functional groups attached to an aromatic ring is 1. The third-order valence-electron chi connectivity index (χ3n) is 2.21. The van der Waals surface area contributed by atoms with Crippen molar-refractivity contribution in [3.63, 3.8) is 0 Å². The van der Waals surface area contributed by atoms with Crippen molar-refractivity contribution >= 4 is 27.1 Å². The quantitative estimate of drug-likeness (QED) is 0.723. The lowest BCUT2D eigenvalue weighted by atomic mass is 10.1. The lowest BCUT2D eigenvalue weighted by molar-refractivity contribution is 1.28. The van der Waals surface area contributed by atoms with Crippen molar-refractivity contribution in [1.29, 1.82) is 5.26 Å². The Hall–Kier alpha value is -1.53. The highest BCUT2D eigenvalue weighted by Gasteiger charge is 2.06. The molecule has 0 aliphatic heterocycles. The summed E-state index contributed by atoms with van der Waals surface area (Å²) >= 11 is 1.68. The second-order valence-corrected chi connectivity index (χ2v) is 4.50. The number of thiophene rings is 1. The van der Waals surface area contributed by atoms with Gasteiger partial charge in [0, 0.05) is 4.88 Å². The molecule has 2 rings (SSSR count). The summed E-state index contributed by atoms with van der Waals surface area (Å²) in [5, 5.41) is 9.79. The molecular formula is C11H10N2S. The molecule has 0 amide bonds. The summed E-state index contributed by atoms with van der Waals surface area (Å²) in [5.74, 6) is 0. The zero-order chi connectivity index (χ0) is 10.1. The van der Waals surface area contributed by atoms with E-state index < -0.39 is 0 Å². The van der Waals surface area contributed by atoms with Gasteiger partial charge in [0.2, 0.25) is 0 Å². The average molecular weight is 202 g/mol. The van der Waals surface area contributed by atoms with Crippen LogP contribution < -0.4 is 5.73 Å². The second-order valence-electron chi connectivity index (χ2n) is 3.25. The van der Waals surface area contributed by atoms with Gasteiger partial charge >= 0.3 is 0 Å². The van der Waals surface area contributed by atoms with Crippen LogP contribution in [0, 0.1) is 18.3 Å². The summed E-state index contributed by atoms with van der Waals surface area (Å²) in [5.41, 5.74) is 7.68. The van der Waals surface area contributed by atoms with E-state index in [1.807, 2.05) is 12.1 Å². The summed E-state index contributed by atoms with van der Waals surface area (Å²) in [7, 11) is 0. The second kappa shape index (κ2) is 3.32. The molecule has 2 nitrogen and oxygen atoms in total. The predicted molar refractivity (Wildman–Crippen MR) is 60.3 cm³/mol. The average Bonchev–Trinajstić information content (AvgIpc) is 2.52. The third kappa shape index (κ3) is 1.34. The summed E-state index contributed by atoms with van der Waals surface area (Å²) in [4.78, 5) is 1.25. The first-order chi connectivity index (χ1) is 6.72. The van der Waals surface area contributed by atoms with E-state index in [0.717, 1.165) is 16.0 Å². The molecule has 1 heterocycles. The van der Waals surface area contributed by atoms with Crippen LogP contribution in [-0.2, 0) is 6.42 Å². The number of hydrogen-bond donors (Lipinski definition) is 1.